The number of carbonyl (C=O) groups is 1. The Labute approximate surface area is 167 Å². The summed E-state index contributed by atoms with van der Waals surface area (Å²) in [6.07, 6.45) is -3.87. The number of hydrogen-bond acceptors (Lipinski definition) is 8. The second-order valence-corrected chi connectivity index (χ2v) is 6.23. The van der Waals surface area contributed by atoms with E-state index in [9.17, 15) is 28.1 Å². The average molecular weight is 431 g/mol. The molecule has 0 saturated carbocycles. The Bertz CT molecular complexity index is 899. The van der Waals surface area contributed by atoms with Gasteiger partial charge in [-0.1, -0.05) is 12.1 Å². The van der Waals surface area contributed by atoms with Gasteiger partial charge in [-0.3, -0.25) is 4.57 Å². The minimum Gasteiger partial charge on any atom is -0.442 e. The molecule has 0 spiro atoms. The van der Waals surface area contributed by atoms with E-state index in [1.54, 1.807) is 0 Å². The fourth-order valence-electron chi connectivity index (χ4n) is 2.67. The number of imidazole rings is 1. The van der Waals surface area contributed by atoms with E-state index in [0.717, 1.165) is 12.1 Å². The van der Waals surface area contributed by atoms with Gasteiger partial charge in [0.25, 0.3) is 0 Å². The van der Waals surface area contributed by atoms with E-state index < -0.39 is 17.4 Å². The molecule has 0 bridgehead atoms. The van der Waals surface area contributed by atoms with Crippen molar-refractivity contribution in [2.45, 2.75) is 38.5 Å². The summed E-state index contributed by atoms with van der Waals surface area (Å²) in [7, 11) is 0. The third-order valence-corrected chi connectivity index (χ3v) is 4.05. The molecule has 0 N–H and O–H groups in total. The molecule has 10 nitrogen and oxygen atoms in total. The number of aromatic nitrogens is 2. The van der Waals surface area contributed by atoms with Gasteiger partial charge >= 0.3 is 24.3 Å². The molecule has 0 aliphatic carbocycles. The summed E-state index contributed by atoms with van der Waals surface area (Å²) in [6.45, 7) is 0.288. The van der Waals surface area contributed by atoms with Crippen LogP contribution in [-0.2, 0) is 22.6 Å². The van der Waals surface area contributed by atoms with Crippen LogP contribution in [0.3, 0.4) is 0 Å². The van der Waals surface area contributed by atoms with Crippen LogP contribution in [0.25, 0.3) is 0 Å². The first-order valence-corrected chi connectivity index (χ1v) is 8.72. The van der Waals surface area contributed by atoms with Crippen LogP contribution in [0.15, 0.2) is 30.5 Å². The van der Waals surface area contributed by atoms with Crippen molar-refractivity contribution < 1.29 is 41.8 Å². The van der Waals surface area contributed by atoms with Crippen molar-refractivity contribution in [1.29, 1.82) is 0 Å². The quantitative estimate of drug-likeness (QED) is 0.371. The van der Waals surface area contributed by atoms with Crippen molar-refractivity contribution in [2.75, 3.05) is 6.61 Å². The maximum atomic E-state index is 12.1. The zero-order valence-electron chi connectivity index (χ0n) is 15.3. The van der Waals surface area contributed by atoms with Crippen LogP contribution in [0.4, 0.5) is 23.8 Å². The number of benzene rings is 1. The highest BCUT2D eigenvalue weighted by Crippen LogP contribution is 2.25. The van der Waals surface area contributed by atoms with Crippen LogP contribution in [0, 0.1) is 10.1 Å². The van der Waals surface area contributed by atoms with E-state index in [-0.39, 0.29) is 36.9 Å². The predicted octanol–water partition coefficient (Wildman–Crippen LogP) is 3.58. The van der Waals surface area contributed by atoms with E-state index >= 15 is 0 Å². The summed E-state index contributed by atoms with van der Waals surface area (Å²) in [4.78, 5) is 25.5. The molecule has 0 amide bonds. The highest BCUT2D eigenvalue weighted by molar-refractivity contribution is 5.59. The van der Waals surface area contributed by atoms with E-state index in [2.05, 4.69) is 9.72 Å². The summed E-state index contributed by atoms with van der Waals surface area (Å²) in [5.41, 5.74) is 0.450. The van der Waals surface area contributed by atoms with Gasteiger partial charge in [-0.05, 0) is 22.6 Å². The van der Waals surface area contributed by atoms with Crippen molar-refractivity contribution in [3.8, 4) is 11.8 Å². The third-order valence-electron chi connectivity index (χ3n) is 4.05. The van der Waals surface area contributed by atoms with Crippen LogP contribution in [0.5, 0.6) is 11.8 Å². The number of nitro groups is 1. The maximum Gasteiger partial charge on any atom is 0.573 e. The minimum absolute atomic E-state index is 0.00926. The lowest BCUT2D eigenvalue weighted by Crippen LogP contribution is -2.27. The SMILES string of the molecule is O=C(OCC[C@H]1CCn2cc([N+](=O)[O-])nc2O1)OCc1ccc(OC(F)(F)F)cc1. The highest BCUT2D eigenvalue weighted by atomic mass is 19.4. The van der Waals surface area contributed by atoms with Crippen molar-refractivity contribution >= 4 is 12.0 Å². The Morgan fingerprint density at radius 3 is 2.70 bits per heavy atom. The Morgan fingerprint density at radius 2 is 2.03 bits per heavy atom. The number of fused-ring (bicyclic) bond motifs is 1. The lowest BCUT2D eigenvalue weighted by molar-refractivity contribution is -0.389. The van der Waals surface area contributed by atoms with Gasteiger partial charge in [0.2, 0.25) is 0 Å². The summed E-state index contributed by atoms with van der Waals surface area (Å²) in [5.74, 6) is -0.684. The van der Waals surface area contributed by atoms with Crippen LogP contribution >= 0.6 is 0 Å². The van der Waals surface area contributed by atoms with Crippen molar-refractivity contribution in [3.05, 3.63) is 46.1 Å². The number of ether oxygens (including phenoxy) is 4. The number of aryl methyl sites for hydroxylation is 1. The van der Waals surface area contributed by atoms with E-state index in [0.29, 0.717) is 24.9 Å². The largest absolute Gasteiger partial charge is 0.573 e. The molecule has 162 valence electrons. The summed E-state index contributed by atoms with van der Waals surface area (Å²) >= 11 is 0. The lowest BCUT2D eigenvalue weighted by Gasteiger charge is -2.21. The molecule has 13 heteroatoms. The molecule has 2 heterocycles. The first-order valence-electron chi connectivity index (χ1n) is 8.72. The van der Waals surface area contributed by atoms with Crippen LogP contribution in [0.2, 0.25) is 0 Å². The maximum absolute atomic E-state index is 12.1. The zero-order valence-corrected chi connectivity index (χ0v) is 15.3. The standard InChI is InChI=1S/C17H16F3N3O7/c18-17(19,20)30-13-3-1-11(2-4-13)10-28-16(24)27-8-6-12-5-7-22-9-14(23(25)26)21-15(22)29-12/h1-4,9,12H,5-8,10H2/t12-/m1/s1. The Kier molecular flexibility index (Phi) is 6.28. The van der Waals surface area contributed by atoms with Gasteiger partial charge in [0, 0.05) is 24.4 Å². The van der Waals surface area contributed by atoms with E-state index in [4.69, 9.17) is 14.2 Å². The van der Waals surface area contributed by atoms with Crippen molar-refractivity contribution in [1.82, 2.24) is 9.55 Å². The molecule has 0 radical (unpaired) electrons. The first kappa shape index (κ1) is 21.2. The van der Waals surface area contributed by atoms with Gasteiger partial charge in [0.1, 0.15) is 24.7 Å². The van der Waals surface area contributed by atoms with Gasteiger partial charge in [0.15, 0.2) is 0 Å². The van der Waals surface area contributed by atoms with Crippen LogP contribution in [-0.4, -0.2) is 39.7 Å². The van der Waals surface area contributed by atoms with Crippen molar-refractivity contribution in [3.63, 3.8) is 0 Å². The molecule has 3 rings (SSSR count). The fraction of sp³-hybridized carbons (Fsp3) is 0.412. The Hall–Kier alpha value is -3.51. The summed E-state index contributed by atoms with van der Waals surface area (Å²) in [6, 6.07) is 4.99. The molecule has 1 atom stereocenters. The van der Waals surface area contributed by atoms with E-state index in [1.165, 1.54) is 22.9 Å². The normalized spacial score (nSPS) is 15.6. The number of rotatable bonds is 7. The number of hydrogen-bond donors (Lipinski definition) is 0. The minimum atomic E-state index is -4.78. The molecule has 1 aromatic heterocycles. The second kappa shape index (κ2) is 8.88. The fourth-order valence-corrected chi connectivity index (χ4v) is 2.67. The summed E-state index contributed by atoms with van der Waals surface area (Å²) < 4.78 is 57.0. The van der Waals surface area contributed by atoms with Gasteiger partial charge < -0.3 is 29.1 Å². The second-order valence-electron chi connectivity index (χ2n) is 6.23. The molecule has 1 aromatic carbocycles. The monoisotopic (exact) mass is 431 g/mol. The number of carbonyl (C=O) groups excluding carboxylic acids is 1. The van der Waals surface area contributed by atoms with E-state index in [1.807, 2.05) is 0 Å². The number of halogens is 3. The molecular weight excluding hydrogens is 415 g/mol. The van der Waals surface area contributed by atoms with Crippen LogP contribution < -0.4 is 9.47 Å². The first-order chi connectivity index (χ1) is 14.2. The van der Waals surface area contributed by atoms with Gasteiger partial charge in [0.05, 0.1) is 6.61 Å². The molecule has 30 heavy (non-hydrogen) atoms. The molecule has 0 fully saturated rings. The Morgan fingerprint density at radius 1 is 1.30 bits per heavy atom. The molecule has 1 aliphatic rings. The van der Waals surface area contributed by atoms with Gasteiger partial charge in [-0.15, -0.1) is 13.2 Å². The molecule has 1 aliphatic heterocycles. The molecule has 0 unspecified atom stereocenters. The molecular formula is C17H16F3N3O7. The Balaban J connectivity index is 1.36. The van der Waals surface area contributed by atoms with Crippen LogP contribution in [0.1, 0.15) is 18.4 Å². The van der Waals surface area contributed by atoms with Crippen molar-refractivity contribution in [2.24, 2.45) is 0 Å². The number of alkyl halides is 3. The smallest absolute Gasteiger partial charge is 0.442 e. The van der Waals surface area contributed by atoms with Gasteiger partial charge in [-0.2, -0.15) is 0 Å². The zero-order chi connectivity index (χ0) is 21.7. The highest BCUT2D eigenvalue weighted by Gasteiger charge is 2.31. The average Bonchev–Trinajstić information content (AvgIpc) is 3.10. The topological polar surface area (TPSA) is 115 Å². The third kappa shape index (κ3) is 5.99. The number of nitrogens with zero attached hydrogens (tertiary/aromatic N) is 3. The summed E-state index contributed by atoms with van der Waals surface area (Å²) in [5, 5.41) is 10.7. The molecule has 0 saturated heterocycles. The van der Waals surface area contributed by atoms with Gasteiger partial charge in [-0.25, -0.2) is 4.79 Å². The lowest BCUT2D eigenvalue weighted by atomic mass is 10.2. The molecule has 2 aromatic rings. The predicted molar refractivity (Wildman–Crippen MR) is 91.8 cm³/mol.